The highest BCUT2D eigenvalue weighted by molar-refractivity contribution is 5.80. The highest BCUT2D eigenvalue weighted by atomic mass is 16.5. The molecule has 0 atom stereocenters. The van der Waals surface area contributed by atoms with Crippen molar-refractivity contribution >= 4 is 5.96 Å². The van der Waals surface area contributed by atoms with Crippen LogP contribution < -0.4 is 10.1 Å². The fourth-order valence-electron chi connectivity index (χ4n) is 3.79. The molecule has 1 saturated heterocycles. The van der Waals surface area contributed by atoms with Crippen molar-refractivity contribution in [1.29, 1.82) is 0 Å². The molecule has 1 saturated carbocycles. The molecule has 1 aromatic carbocycles. The number of hydrogen-bond acceptors (Lipinski definition) is 3. The molecule has 0 radical (unpaired) electrons. The summed E-state index contributed by atoms with van der Waals surface area (Å²) in [6.45, 7) is 5.92. The van der Waals surface area contributed by atoms with E-state index in [1.165, 1.54) is 25.7 Å². The van der Waals surface area contributed by atoms with Gasteiger partial charge >= 0.3 is 0 Å². The van der Waals surface area contributed by atoms with Gasteiger partial charge in [0.25, 0.3) is 0 Å². The van der Waals surface area contributed by atoms with E-state index >= 15 is 0 Å². The lowest BCUT2D eigenvalue weighted by atomic mass is 9.68. The molecule has 24 heavy (non-hydrogen) atoms. The second kappa shape index (κ2) is 7.32. The molecule has 1 heterocycles. The standard InChI is InChI=1S/C19H29N3O2/c1-3-20-18(22-12-10-19(14-22)8-4-9-19)21-11-7-15-5-6-16(24-2)13-17(15)23/h5-6,13,23H,3-4,7-12,14H2,1-2H3,(H,20,21). The van der Waals surface area contributed by atoms with Crippen LogP contribution in [0.1, 0.15) is 38.2 Å². The Bertz CT molecular complexity index is 596. The van der Waals surface area contributed by atoms with Crippen LogP contribution >= 0.6 is 0 Å². The van der Waals surface area contributed by atoms with E-state index in [4.69, 9.17) is 9.73 Å². The number of guanidine groups is 1. The van der Waals surface area contributed by atoms with Crippen molar-refractivity contribution in [1.82, 2.24) is 10.2 Å². The van der Waals surface area contributed by atoms with Gasteiger partial charge in [0, 0.05) is 32.2 Å². The van der Waals surface area contributed by atoms with Gasteiger partial charge in [0.05, 0.1) is 7.11 Å². The third kappa shape index (κ3) is 3.60. The molecule has 1 aliphatic heterocycles. The Hall–Kier alpha value is -1.91. The van der Waals surface area contributed by atoms with Gasteiger partial charge in [0.1, 0.15) is 11.5 Å². The quantitative estimate of drug-likeness (QED) is 0.643. The number of ether oxygens (including phenoxy) is 1. The summed E-state index contributed by atoms with van der Waals surface area (Å²) >= 11 is 0. The highest BCUT2D eigenvalue weighted by Gasteiger charge is 2.43. The molecule has 1 spiro atoms. The lowest BCUT2D eigenvalue weighted by molar-refractivity contribution is 0.151. The molecule has 1 aliphatic carbocycles. The summed E-state index contributed by atoms with van der Waals surface area (Å²) in [6.07, 6.45) is 6.17. The van der Waals surface area contributed by atoms with Gasteiger partial charge in [-0.1, -0.05) is 12.5 Å². The predicted molar refractivity (Wildman–Crippen MR) is 96.8 cm³/mol. The zero-order valence-corrected chi connectivity index (χ0v) is 14.8. The first-order chi connectivity index (χ1) is 11.7. The summed E-state index contributed by atoms with van der Waals surface area (Å²) in [5.74, 6) is 1.98. The van der Waals surface area contributed by atoms with E-state index in [0.29, 0.717) is 17.7 Å². The van der Waals surface area contributed by atoms with Gasteiger partial charge in [0.2, 0.25) is 0 Å². The number of nitrogens with zero attached hydrogens (tertiary/aromatic N) is 2. The molecule has 1 aromatic rings. The van der Waals surface area contributed by atoms with Crippen molar-refractivity contribution in [2.75, 3.05) is 33.3 Å². The molecule has 5 heteroatoms. The van der Waals surface area contributed by atoms with Gasteiger partial charge in [-0.05, 0) is 49.7 Å². The summed E-state index contributed by atoms with van der Waals surface area (Å²) < 4.78 is 5.12. The Morgan fingerprint density at radius 1 is 1.38 bits per heavy atom. The zero-order valence-electron chi connectivity index (χ0n) is 14.8. The highest BCUT2D eigenvalue weighted by Crippen LogP contribution is 2.47. The van der Waals surface area contributed by atoms with Crippen molar-refractivity contribution < 1.29 is 9.84 Å². The summed E-state index contributed by atoms with van der Waals surface area (Å²) in [7, 11) is 1.60. The first-order valence-corrected chi connectivity index (χ1v) is 9.05. The Kier molecular flexibility index (Phi) is 5.17. The average Bonchev–Trinajstić information content (AvgIpc) is 3.01. The maximum Gasteiger partial charge on any atom is 0.193 e. The molecule has 0 bridgehead atoms. The summed E-state index contributed by atoms with van der Waals surface area (Å²) in [5, 5.41) is 13.5. The van der Waals surface area contributed by atoms with Crippen LogP contribution in [0.5, 0.6) is 11.5 Å². The fourth-order valence-corrected chi connectivity index (χ4v) is 3.79. The molecule has 0 amide bonds. The number of benzene rings is 1. The van der Waals surface area contributed by atoms with Gasteiger partial charge in [-0.2, -0.15) is 0 Å². The fraction of sp³-hybridized carbons (Fsp3) is 0.632. The van der Waals surface area contributed by atoms with Gasteiger partial charge < -0.3 is 20.1 Å². The molecule has 132 valence electrons. The normalized spacial score (nSPS) is 19.4. The van der Waals surface area contributed by atoms with Gasteiger partial charge in [-0.25, -0.2) is 0 Å². The molecule has 5 nitrogen and oxygen atoms in total. The molecule has 2 aliphatic rings. The molecule has 2 N–H and O–H groups in total. The van der Waals surface area contributed by atoms with Crippen LogP contribution in [0.15, 0.2) is 23.2 Å². The van der Waals surface area contributed by atoms with Crippen molar-refractivity contribution in [3.05, 3.63) is 23.8 Å². The second-order valence-electron chi connectivity index (χ2n) is 7.01. The van der Waals surface area contributed by atoms with E-state index in [-0.39, 0.29) is 5.75 Å². The summed E-state index contributed by atoms with van der Waals surface area (Å²) in [4.78, 5) is 7.20. The van der Waals surface area contributed by atoms with Crippen molar-refractivity contribution in [3.8, 4) is 11.5 Å². The zero-order chi connectivity index (χ0) is 17.0. The van der Waals surface area contributed by atoms with E-state index in [1.54, 1.807) is 13.2 Å². The van der Waals surface area contributed by atoms with Gasteiger partial charge in [-0.15, -0.1) is 0 Å². The number of nitrogens with one attached hydrogen (secondary N) is 1. The van der Waals surface area contributed by atoms with Crippen LogP contribution in [-0.4, -0.2) is 49.3 Å². The summed E-state index contributed by atoms with van der Waals surface area (Å²) in [5.41, 5.74) is 1.48. The number of hydrogen-bond donors (Lipinski definition) is 2. The number of aliphatic imine (C=N–C) groups is 1. The molecule has 2 fully saturated rings. The van der Waals surface area contributed by atoms with E-state index in [9.17, 15) is 5.11 Å². The number of phenolic OH excluding ortho intramolecular Hbond substituents is 1. The Morgan fingerprint density at radius 3 is 2.79 bits per heavy atom. The Balaban J connectivity index is 1.60. The largest absolute Gasteiger partial charge is 0.508 e. The Morgan fingerprint density at radius 2 is 2.21 bits per heavy atom. The number of likely N-dealkylation sites (tertiary alicyclic amines) is 1. The smallest absolute Gasteiger partial charge is 0.193 e. The van der Waals surface area contributed by atoms with Gasteiger partial charge in [0.15, 0.2) is 5.96 Å². The monoisotopic (exact) mass is 331 g/mol. The number of phenols is 1. The molecule has 0 aromatic heterocycles. The minimum Gasteiger partial charge on any atom is -0.508 e. The van der Waals surface area contributed by atoms with Crippen molar-refractivity contribution in [2.45, 2.75) is 39.0 Å². The second-order valence-corrected chi connectivity index (χ2v) is 7.01. The molecular formula is C19H29N3O2. The van der Waals surface area contributed by atoms with Gasteiger partial charge in [-0.3, -0.25) is 4.99 Å². The van der Waals surface area contributed by atoms with Crippen molar-refractivity contribution in [3.63, 3.8) is 0 Å². The van der Waals surface area contributed by atoms with Crippen LogP contribution in [0.3, 0.4) is 0 Å². The molecular weight excluding hydrogens is 302 g/mol. The SMILES string of the molecule is CCNC(=NCCc1ccc(OC)cc1O)N1CCC2(CCC2)C1. The maximum absolute atomic E-state index is 10.1. The lowest BCUT2D eigenvalue weighted by Crippen LogP contribution is -2.42. The number of aromatic hydroxyl groups is 1. The van der Waals surface area contributed by atoms with E-state index in [2.05, 4.69) is 17.1 Å². The lowest BCUT2D eigenvalue weighted by Gasteiger charge is -2.38. The minimum absolute atomic E-state index is 0.282. The molecule has 0 unspecified atom stereocenters. The minimum atomic E-state index is 0.282. The van der Waals surface area contributed by atoms with E-state index < -0.39 is 0 Å². The third-order valence-corrected chi connectivity index (χ3v) is 5.42. The number of rotatable bonds is 5. The van der Waals surface area contributed by atoms with Crippen molar-refractivity contribution in [2.24, 2.45) is 10.4 Å². The first kappa shape index (κ1) is 16.9. The van der Waals surface area contributed by atoms with Crippen LogP contribution in [-0.2, 0) is 6.42 Å². The maximum atomic E-state index is 10.1. The van der Waals surface area contributed by atoms with Crippen LogP contribution in [0.4, 0.5) is 0 Å². The topological polar surface area (TPSA) is 57.1 Å². The van der Waals surface area contributed by atoms with Crippen LogP contribution in [0.25, 0.3) is 0 Å². The predicted octanol–water partition coefficient (Wildman–Crippen LogP) is 2.78. The first-order valence-electron chi connectivity index (χ1n) is 9.05. The molecule has 3 rings (SSSR count). The summed E-state index contributed by atoms with van der Waals surface area (Å²) in [6, 6.07) is 5.45. The Labute approximate surface area is 144 Å². The van der Waals surface area contributed by atoms with E-state index in [0.717, 1.165) is 37.6 Å². The number of methoxy groups -OCH3 is 1. The average molecular weight is 331 g/mol. The third-order valence-electron chi connectivity index (χ3n) is 5.42. The van der Waals surface area contributed by atoms with Crippen LogP contribution in [0, 0.1) is 5.41 Å². The van der Waals surface area contributed by atoms with E-state index in [1.807, 2.05) is 12.1 Å². The van der Waals surface area contributed by atoms with Crippen LogP contribution in [0.2, 0.25) is 0 Å².